The molecular weight excluding hydrogens is 126 g/mol. The van der Waals surface area contributed by atoms with Crippen molar-refractivity contribution < 1.29 is 5.21 Å². The van der Waals surface area contributed by atoms with Crippen molar-refractivity contribution in [2.24, 2.45) is 11.1 Å². The van der Waals surface area contributed by atoms with Gasteiger partial charge < -0.3 is 5.21 Å². The predicted molar refractivity (Wildman–Crippen MR) is 43.6 cm³/mol. The van der Waals surface area contributed by atoms with Crippen LogP contribution in [0.5, 0.6) is 0 Å². The summed E-state index contributed by atoms with van der Waals surface area (Å²) >= 11 is 0. The van der Waals surface area contributed by atoms with Gasteiger partial charge in [0.2, 0.25) is 0 Å². The van der Waals surface area contributed by atoms with Crippen LogP contribution in [-0.2, 0) is 0 Å². The van der Waals surface area contributed by atoms with Gasteiger partial charge in [-0.15, -0.1) is 0 Å². The SMILES string of the molecule is C/C(CCCC(C)C)=N\O. The minimum Gasteiger partial charge on any atom is -0.411 e. The van der Waals surface area contributed by atoms with E-state index < -0.39 is 0 Å². The Balaban J connectivity index is 3.20. The molecule has 0 radical (unpaired) electrons. The fourth-order valence-corrected chi connectivity index (χ4v) is 0.816. The Morgan fingerprint density at radius 2 is 2.10 bits per heavy atom. The molecule has 0 aliphatic carbocycles. The van der Waals surface area contributed by atoms with Gasteiger partial charge in [-0.25, -0.2) is 0 Å². The second-order valence-corrected chi connectivity index (χ2v) is 3.12. The molecule has 0 aromatic carbocycles. The molecule has 0 spiro atoms. The second-order valence-electron chi connectivity index (χ2n) is 3.12. The van der Waals surface area contributed by atoms with E-state index in [1.165, 1.54) is 6.42 Å². The molecule has 2 nitrogen and oxygen atoms in total. The fourth-order valence-electron chi connectivity index (χ4n) is 0.816. The van der Waals surface area contributed by atoms with Gasteiger partial charge >= 0.3 is 0 Å². The van der Waals surface area contributed by atoms with Gasteiger partial charge in [-0.05, 0) is 25.7 Å². The molecular formula is C8H17NO. The number of hydrogen-bond acceptors (Lipinski definition) is 2. The summed E-state index contributed by atoms with van der Waals surface area (Å²) in [7, 11) is 0. The molecule has 60 valence electrons. The summed E-state index contributed by atoms with van der Waals surface area (Å²) in [6, 6.07) is 0. The fraction of sp³-hybridized carbons (Fsp3) is 0.875. The molecule has 0 amide bonds. The third-order valence-corrected chi connectivity index (χ3v) is 1.49. The zero-order chi connectivity index (χ0) is 7.98. The van der Waals surface area contributed by atoms with Gasteiger partial charge in [-0.3, -0.25) is 0 Å². The maximum atomic E-state index is 8.29. The van der Waals surface area contributed by atoms with Crippen LogP contribution in [0.4, 0.5) is 0 Å². The molecule has 0 bridgehead atoms. The van der Waals surface area contributed by atoms with Crippen LogP contribution in [0.3, 0.4) is 0 Å². The standard InChI is InChI=1S/C8H17NO/c1-7(2)5-4-6-8(3)9-10/h7,10H,4-6H2,1-3H3/b9-8+. The van der Waals surface area contributed by atoms with Gasteiger partial charge in [0, 0.05) is 0 Å². The number of nitrogens with zero attached hydrogens (tertiary/aromatic N) is 1. The van der Waals surface area contributed by atoms with E-state index in [-0.39, 0.29) is 0 Å². The van der Waals surface area contributed by atoms with Crippen LogP contribution in [0.2, 0.25) is 0 Å². The highest BCUT2D eigenvalue weighted by atomic mass is 16.4. The van der Waals surface area contributed by atoms with Gasteiger partial charge in [0.1, 0.15) is 0 Å². The first-order valence-electron chi connectivity index (χ1n) is 3.84. The number of hydrogen-bond donors (Lipinski definition) is 1. The van der Waals surface area contributed by atoms with E-state index in [4.69, 9.17) is 5.21 Å². The molecule has 0 saturated carbocycles. The van der Waals surface area contributed by atoms with E-state index >= 15 is 0 Å². The highest BCUT2D eigenvalue weighted by molar-refractivity contribution is 5.81. The van der Waals surface area contributed by atoms with Crippen LogP contribution in [0.25, 0.3) is 0 Å². The lowest BCUT2D eigenvalue weighted by Gasteiger charge is -2.01. The van der Waals surface area contributed by atoms with Crippen LogP contribution in [0, 0.1) is 5.92 Å². The smallest absolute Gasteiger partial charge is 0.0540 e. The van der Waals surface area contributed by atoms with E-state index in [2.05, 4.69) is 19.0 Å². The minimum absolute atomic E-state index is 0.756. The Morgan fingerprint density at radius 1 is 1.50 bits per heavy atom. The second kappa shape index (κ2) is 5.27. The highest BCUT2D eigenvalue weighted by Crippen LogP contribution is 2.06. The third kappa shape index (κ3) is 5.60. The van der Waals surface area contributed by atoms with Crippen LogP contribution < -0.4 is 0 Å². The Morgan fingerprint density at radius 3 is 2.50 bits per heavy atom. The minimum atomic E-state index is 0.756. The summed E-state index contributed by atoms with van der Waals surface area (Å²) in [6.45, 7) is 6.25. The molecule has 1 N–H and O–H groups in total. The summed E-state index contributed by atoms with van der Waals surface area (Å²) in [4.78, 5) is 0. The van der Waals surface area contributed by atoms with Gasteiger partial charge in [0.15, 0.2) is 0 Å². The topological polar surface area (TPSA) is 32.6 Å². The third-order valence-electron chi connectivity index (χ3n) is 1.49. The number of oxime groups is 1. The average Bonchev–Trinajstić information content (AvgIpc) is 1.87. The largest absolute Gasteiger partial charge is 0.411 e. The van der Waals surface area contributed by atoms with Gasteiger partial charge in [-0.1, -0.05) is 25.4 Å². The molecule has 0 rings (SSSR count). The molecule has 2 heteroatoms. The van der Waals surface area contributed by atoms with E-state index in [1.54, 1.807) is 0 Å². The zero-order valence-electron chi connectivity index (χ0n) is 7.09. The van der Waals surface area contributed by atoms with Crippen LogP contribution in [0.15, 0.2) is 5.16 Å². The first kappa shape index (κ1) is 9.47. The van der Waals surface area contributed by atoms with Gasteiger partial charge in [-0.2, -0.15) is 0 Å². The summed E-state index contributed by atoms with van der Waals surface area (Å²) in [5.41, 5.74) is 0.834. The normalized spacial score (nSPS) is 12.6. The lowest BCUT2D eigenvalue weighted by molar-refractivity contribution is 0.317. The van der Waals surface area contributed by atoms with Crippen molar-refractivity contribution in [1.29, 1.82) is 0 Å². The molecule has 0 heterocycles. The van der Waals surface area contributed by atoms with E-state index in [9.17, 15) is 0 Å². The first-order valence-corrected chi connectivity index (χ1v) is 3.84. The van der Waals surface area contributed by atoms with E-state index in [1.807, 2.05) is 6.92 Å². The Hall–Kier alpha value is -0.530. The van der Waals surface area contributed by atoms with Gasteiger partial charge in [0.05, 0.1) is 5.71 Å². The molecule has 0 aliphatic rings. The van der Waals surface area contributed by atoms with Crippen molar-refractivity contribution in [3.63, 3.8) is 0 Å². The highest BCUT2D eigenvalue weighted by Gasteiger charge is 1.95. The Kier molecular flexibility index (Phi) is 4.99. The van der Waals surface area contributed by atoms with Crippen molar-refractivity contribution in [2.75, 3.05) is 0 Å². The maximum absolute atomic E-state index is 8.29. The lowest BCUT2D eigenvalue weighted by Crippen LogP contribution is -1.93. The van der Waals surface area contributed by atoms with Crippen molar-refractivity contribution in [3.05, 3.63) is 0 Å². The van der Waals surface area contributed by atoms with Crippen LogP contribution in [-0.4, -0.2) is 10.9 Å². The molecule has 0 atom stereocenters. The predicted octanol–water partition coefficient (Wildman–Crippen LogP) is 2.66. The molecule has 0 fully saturated rings. The Bertz CT molecular complexity index is 108. The maximum Gasteiger partial charge on any atom is 0.0540 e. The van der Waals surface area contributed by atoms with Crippen molar-refractivity contribution in [3.8, 4) is 0 Å². The monoisotopic (exact) mass is 143 g/mol. The van der Waals surface area contributed by atoms with Crippen molar-refractivity contribution in [2.45, 2.75) is 40.0 Å². The Labute approximate surface area is 62.9 Å². The van der Waals surface area contributed by atoms with Crippen molar-refractivity contribution in [1.82, 2.24) is 0 Å². The molecule has 0 aromatic heterocycles. The first-order chi connectivity index (χ1) is 4.66. The molecule has 0 unspecified atom stereocenters. The van der Waals surface area contributed by atoms with E-state index in [0.717, 1.165) is 24.5 Å². The summed E-state index contributed by atoms with van der Waals surface area (Å²) in [5.74, 6) is 0.756. The quantitative estimate of drug-likeness (QED) is 0.366. The lowest BCUT2D eigenvalue weighted by atomic mass is 10.1. The van der Waals surface area contributed by atoms with Gasteiger partial charge in [0.25, 0.3) is 0 Å². The summed E-state index contributed by atoms with van der Waals surface area (Å²) in [5, 5.41) is 11.4. The summed E-state index contributed by atoms with van der Waals surface area (Å²) in [6.07, 6.45) is 3.27. The molecule has 0 saturated heterocycles. The van der Waals surface area contributed by atoms with E-state index in [0.29, 0.717) is 0 Å². The zero-order valence-corrected chi connectivity index (χ0v) is 7.09. The number of rotatable bonds is 4. The molecule has 0 aliphatic heterocycles. The summed E-state index contributed by atoms with van der Waals surface area (Å²) < 4.78 is 0. The van der Waals surface area contributed by atoms with Crippen molar-refractivity contribution >= 4 is 5.71 Å². The van der Waals surface area contributed by atoms with Crippen LogP contribution >= 0.6 is 0 Å². The molecule has 10 heavy (non-hydrogen) atoms. The molecule has 0 aromatic rings. The average molecular weight is 143 g/mol. The van der Waals surface area contributed by atoms with Crippen LogP contribution in [0.1, 0.15) is 40.0 Å².